The van der Waals surface area contributed by atoms with Crippen LogP contribution in [0.4, 0.5) is 11.4 Å². The van der Waals surface area contributed by atoms with E-state index in [9.17, 15) is 9.59 Å². The van der Waals surface area contributed by atoms with E-state index in [0.717, 1.165) is 17.5 Å². The van der Waals surface area contributed by atoms with Gasteiger partial charge in [0.25, 0.3) is 11.8 Å². The van der Waals surface area contributed by atoms with Gasteiger partial charge in [0, 0.05) is 22.5 Å². The minimum Gasteiger partial charge on any atom is -0.379 e. The van der Waals surface area contributed by atoms with Gasteiger partial charge in [0.15, 0.2) is 0 Å². The summed E-state index contributed by atoms with van der Waals surface area (Å²) in [7, 11) is 0. The molecule has 0 unspecified atom stereocenters. The number of anilines is 2. The molecule has 5 nitrogen and oxygen atoms in total. The molecule has 0 aliphatic carbocycles. The van der Waals surface area contributed by atoms with Crippen molar-refractivity contribution in [3.63, 3.8) is 0 Å². The summed E-state index contributed by atoms with van der Waals surface area (Å²) >= 11 is 0. The summed E-state index contributed by atoms with van der Waals surface area (Å²) in [6, 6.07) is 26.1. The number of nitrogens with one attached hydrogen (secondary N) is 3. The molecule has 3 aromatic carbocycles. The summed E-state index contributed by atoms with van der Waals surface area (Å²) in [6.07, 6.45) is 0.792. The SMILES string of the molecule is CC1(C)Cc2ccccc2C(=C(C(=O)Nc2ccccc2)C(=O)Nc2ccccc2)N1. The first-order valence-corrected chi connectivity index (χ1v) is 10.3. The highest BCUT2D eigenvalue weighted by Gasteiger charge is 2.33. The molecule has 3 N–H and O–H groups in total. The minimum atomic E-state index is -0.463. The summed E-state index contributed by atoms with van der Waals surface area (Å²) in [5.74, 6) is -0.927. The van der Waals surface area contributed by atoms with Gasteiger partial charge in [-0.25, -0.2) is 0 Å². The second kappa shape index (κ2) is 8.48. The monoisotopic (exact) mass is 411 g/mol. The van der Waals surface area contributed by atoms with Crippen molar-refractivity contribution in [2.45, 2.75) is 25.8 Å². The van der Waals surface area contributed by atoms with Crippen LogP contribution in [0.25, 0.3) is 5.70 Å². The van der Waals surface area contributed by atoms with E-state index in [4.69, 9.17) is 0 Å². The largest absolute Gasteiger partial charge is 0.379 e. The molecule has 4 rings (SSSR count). The molecule has 0 atom stereocenters. The average Bonchev–Trinajstić information content (AvgIpc) is 2.74. The summed E-state index contributed by atoms with van der Waals surface area (Å²) in [6.45, 7) is 4.12. The third-order valence-electron chi connectivity index (χ3n) is 5.15. The lowest BCUT2D eigenvalue weighted by Gasteiger charge is -2.36. The molecule has 0 saturated heterocycles. The van der Waals surface area contributed by atoms with Crippen LogP contribution >= 0.6 is 0 Å². The van der Waals surface area contributed by atoms with Crippen LogP contribution in [0.3, 0.4) is 0 Å². The lowest BCUT2D eigenvalue weighted by Crippen LogP contribution is -2.45. The maximum absolute atomic E-state index is 13.4. The van der Waals surface area contributed by atoms with E-state index in [0.29, 0.717) is 17.1 Å². The molecule has 1 aliphatic heterocycles. The molecule has 156 valence electrons. The number of carbonyl (C=O) groups is 2. The van der Waals surface area contributed by atoms with Gasteiger partial charge >= 0.3 is 0 Å². The van der Waals surface area contributed by atoms with Gasteiger partial charge < -0.3 is 16.0 Å². The third-order valence-corrected chi connectivity index (χ3v) is 5.15. The first-order chi connectivity index (χ1) is 14.9. The zero-order valence-corrected chi connectivity index (χ0v) is 17.6. The molecule has 0 saturated carbocycles. The van der Waals surface area contributed by atoms with E-state index < -0.39 is 11.8 Å². The summed E-state index contributed by atoms with van der Waals surface area (Å²) < 4.78 is 0. The van der Waals surface area contributed by atoms with E-state index in [2.05, 4.69) is 29.8 Å². The summed E-state index contributed by atoms with van der Waals surface area (Å²) in [4.78, 5) is 26.8. The Morgan fingerprint density at radius 3 is 1.77 bits per heavy atom. The van der Waals surface area contributed by atoms with Gasteiger partial charge in [0.05, 0.1) is 5.70 Å². The van der Waals surface area contributed by atoms with Gasteiger partial charge in [-0.15, -0.1) is 0 Å². The van der Waals surface area contributed by atoms with Crippen LogP contribution in [0.1, 0.15) is 25.0 Å². The standard InChI is InChI=1S/C26H25N3O2/c1-26(2)17-18-11-9-10-16-21(18)23(29-26)22(24(30)27-19-12-5-3-6-13-19)25(31)28-20-14-7-4-8-15-20/h3-16,29H,17H2,1-2H3,(H,27,30)(H,28,31). The molecule has 5 heteroatoms. The lowest BCUT2D eigenvalue weighted by atomic mass is 9.84. The van der Waals surface area contributed by atoms with Gasteiger partial charge in [-0.2, -0.15) is 0 Å². The smallest absolute Gasteiger partial charge is 0.263 e. The van der Waals surface area contributed by atoms with Gasteiger partial charge in [-0.1, -0.05) is 60.7 Å². The van der Waals surface area contributed by atoms with Crippen molar-refractivity contribution in [2.75, 3.05) is 10.6 Å². The molecule has 0 bridgehead atoms. The van der Waals surface area contributed by atoms with Crippen molar-refractivity contribution >= 4 is 28.9 Å². The van der Waals surface area contributed by atoms with Crippen molar-refractivity contribution in [2.24, 2.45) is 0 Å². The van der Waals surface area contributed by atoms with Crippen molar-refractivity contribution in [3.8, 4) is 0 Å². The molecular weight excluding hydrogens is 386 g/mol. The van der Waals surface area contributed by atoms with Crippen LogP contribution in [0.15, 0.2) is 90.5 Å². The molecular formula is C26H25N3O2. The zero-order valence-electron chi connectivity index (χ0n) is 17.6. The number of hydrogen-bond acceptors (Lipinski definition) is 3. The highest BCUT2D eigenvalue weighted by Crippen LogP contribution is 2.32. The Morgan fingerprint density at radius 1 is 0.742 bits per heavy atom. The fraction of sp³-hybridized carbons (Fsp3) is 0.154. The van der Waals surface area contributed by atoms with E-state index in [1.807, 2.05) is 60.7 Å². The quantitative estimate of drug-likeness (QED) is 0.334. The van der Waals surface area contributed by atoms with E-state index in [1.165, 1.54) is 0 Å². The first kappa shape index (κ1) is 20.4. The fourth-order valence-corrected chi connectivity index (χ4v) is 3.80. The topological polar surface area (TPSA) is 70.2 Å². The predicted molar refractivity (Wildman–Crippen MR) is 124 cm³/mol. The van der Waals surface area contributed by atoms with Crippen LogP contribution < -0.4 is 16.0 Å². The Kier molecular flexibility index (Phi) is 5.58. The molecule has 3 aromatic rings. The van der Waals surface area contributed by atoms with Crippen molar-refractivity contribution in [1.82, 2.24) is 5.32 Å². The van der Waals surface area contributed by atoms with Crippen molar-refractivity contribution < 1.29 is 9.59 Å². The molecule has 0 aromatic heterocycles. The van der Waals surface area contributed by atoms with E-state index >= 15 is 0 Å². The number of benzene rings is 3. The van der Waals surface area contributed by atoms with Gasteiger partial charge in [0.2, 0.25) is 0 Å². The minimum absolute atomic E-state index is 0.0490. The van der Waals surface area contributed by atoms with Gasteiger partial charge in [0.1, 0.15) is 5.57 Å². The molecule has 0 spiro atoms. The second-order valence-electron chi connectivity index (χ2n) is 8.23. The van der Waals surface area contributed by atoms with Crippen LogP contribution in [0.5, 0.6) is 0 Å². The van der Waals surface area contributed by atoms with Crippen LogP contribution in [-0.2, 0) is 16.0 Å². The van der Waals surface area contributed by atoms with Crippen molar-refractivity contribution in [3.05, 3.63) is 102 Å². The zero-order chi connectivity index (χ0) is 21.8. The van der Waals surface area contributed by atoms with E-state index in [1.54, 1.807) is 24.3 Å². The number of amides is 2. The van der Waals surface area contributed by atoms with Crippen LogP contribution in [0.2, 0.25) is 0 Å². The Hall–Kier alpha value is -3.86. The molecule has 1 heterocycles. The summed E-state index contributed by atoms with van der Waals surface area (Å²) in [5.41, 5.74) is 3.49. The molecule has 2 amide bonds. The summed E-state index contributed by atoms with van der Waals surface area (Å²) in [5, 5.41) is 9.17. The van der Waals surface area contributed by atoms with Gasteiger partial charge in [-0.3, -0.25) is 9.59 Å². The predicted octanol–water partition coefficient (Wildman–Crippen LogP) is 4.60. The molecule has 1 aliphatic rings. The first-order valence-electron chi connectivity index (χ1n) is 10.3. The van der Waals surface area contributed by atoms with Crippen LogP contribution in [-0.4, -0.2) is 17.4 Å². The second-order valence-corrected chi connectivity index (χ2v) is 8.23. The number of carbonyl (C=O) groups excluding carboxylic acids is 2. The Labute approximate surface area is 182 Å². The highest BCUT2D eigenvalue weighted by atomic mass is 16.2. The number of hydrogen-bond donors (Lipinski definition) is 3. The molecule has 31 heavy (non-hydrogen) atoms. The number of fused-ring (bicyclic) bond motifs is 1. The third kappa shape index (κ3) is 4.67. The number of para-hydroxylation sites is 2. The normalized spacial score (nSPS) is 14.1. The number of rotatable bonds is 4. The highest BCUT2D eigenvalue weighted by molar-refractivity contribution is 6.30. The molecule has 0 radical (unpaired) electrons. The van der Waals surface area contributed by atoms with Crippen LogP contribution in [0, 0.1) is 0 Å². The maximum Gasteiger partial charge on any atom is 0.263 e. The lowest BCUT2D eigenvalue weighted by molar-refractivity contribution is -0.118. The van der Waals surface area contributed by atoms with Gasteiger partial charge in [-0.05, 0) is 50.1 Å². The maximum atomic E-state index is 13.4. The average molecular weight is 412 g/mol. The fourth-order valence-electron chi connectivity index (χ4n) is 3.80. The Balaban J connectivity index is 1.81. The Morgan fingerprint density at radius 2 is 1.23 bits per heavy atom. The van der Waals surface area contributed by atoms with E-state index in [-0.39, 0.29) is 11.1 Å². The van der Waals surface area contributed by atoms with Crippen molar-refractivity contribution in [1.29, 1.82) is 0 Å². The Bertz CT molecular complexity index is 1080. The molecule has 0 fully saturated rings.